The highest BCUT2D eigenvalue weighted by molar-refractivity contribution is 7.99. The molecule has 0 atom stereocenters. The summed E-state index contributed by atoms with van der Waals surface area (Å²) in [5, 5.41) is 10.6. The summed E-state index contributed by atoms with van der Waals surface area (Å²) in [7, 11) is 0. The molecule has 2 aromatic rings. The van der Waals surface area contributed by atoms with Crippen molar-refractivity contribution in [3.05, 3.63) is 20.8 Å². The van der Waals surface area contributed by atoms with Gasteiger partial charge in [-0.2, -0.15) is 0 Å². The summed E-state index contributed by atoms with van der Waals surface area (Å²) in [5.74, 6) is 0.577. The third-order valence-corrected chi connectivity index (χ3v) is 6.25. The molecule has 1 aliphatic rings. The van der Waals surface area contributed by atoms with Gasteiger partial charge in [-0.05, 0) is 32.3 Å². The van der Waals surface area contributed by atoms with Crippen LogP contribution in [0.15, 0.2) is 9.95 Å². The number of fused-ring (bicyclic) bond motifs is 1. The first-order valence-electron chi connectivity index (χ1n) is 7.39. The van der Waals surface area contributed by atoms with E-state index in [9.17, 15) is 4.79 Å². The molecule has 0 amide bonds. The third kappa shape index (κ3) is 2.64. The molecule has 21 heavy (non-hydrogen) atoms. The molecule has 2 heterocycles. The van der Waals surface area contributed by atoms with Gasteiger partial charge in [0.25, 0.3) is 5.56 Å². The zero-order chi connectivity index (χ0) is 15.0. The Morgan fingerprint density at radius 2 is 2.10 bits per heavy atom. The minimum absolute atomic E-state index is 0.103. The van der Waals surface area contributed by atoms with Gasteiger partial charge in [-0.1, -0.05) is 24.6 Å². The summed E-state index contributed by atoms with van der Waals surface area (Å²) in [6.07, 6.45) is 4.48. The predicted molar refractivity (Wildman–Crippen MR) is 88.7 cm³/mol. The minimum Gasteiger partial charge on any atom is -0.396 e. The zero-order valence-electron chi connectivity index (χ0n) is 12.4. The van der Waals surface area contributed by atoms with E-state index in [1.807, 2.05) is 18.4 Å². The number of thioether (sulfide) groups is 1. The number of nitrogens with zero attached hydrogens (tertiary/aromatic N) is 2. The van der Waals surface area contributed by atoms with E-state index in [-0.39, 0.29) is 18.2 Å². The maximum Gasteiger partial charge on any atom is 0.263 e. The molecule has 0 radical (unpaired) electrons. The number of hydrogen-bond acceptors (Lipinski definition) is 5. The van der Waals surface area contributed by atoms with Gasteiger partial charge in [-0.25, -0.2) is 4.98 Å². The fourth-order valence-electron chi connectivity index (χ4n) is 3.01. The highest BCUT2D eigenvalue weighted by Gasteiger charge is 2.24. The number of rotatable bonds is 4. The summed E-state index contributed by atoms with van der Waals surface area (Å²) in [5.41, 5.74) is 1.17. The van der Waals surface area contributed by atoms with Gasteiger partial charge < -0.3 is 5.11 Å². The van der Waals surface area contributed by atoms with Crippen LogP contribution in [-0.2, 0) is 0 Å². The Morgan fingerprint density at radius 3 is 2.76 bits per heavy atom. The molecule has 0 unspecified atom stereocenters. The van der Waals surface area contributed by atoms with Crippen LogP contribution in [0.25, 0.3) is 10.2 Å². The Bertz CT molecular complexity index is 715. The lowest BCUT2D eigenvalue weighted by Gasteiger charge is -2.17. The zero-order valence-corrected chi connectivity index (χ0v) is 14.0. The molecule has 2 aromatic heterocycles. The van der Waals surface area contributed by atoms with Crippen LogP contribution in [0.4, 0.5) is 0 Å². The molecule has 1 saturated carbocycles. The molecule has 0 spiro atoms. The third-order valence-electron chi connectivity index (χ3n) is 4.21. The van der Waals surface area contributed by atoms with E-state index in [0.29, 0.717) is 5.75 Å². The normalized spacial score (nSPS) is 16.1. The molecule has 4 nitrogen and oxygen atoms in total. The summed E-state index contributed by atoms with van der Waals surface area (Å²) in [4.78, 5) is 19.7. The average molecular weight is 324 g/mol. The molecule has 3 rings (SSSR count). The van der Waals surface area contributed by atoms with Crippen molar-refractivity contribution in [2.75, 3.05) is 12.4 Å². The number of aliphatic hydroxyl groups is 1. The smallest absolute Gasteiger partial charge is 0.263 e. The first kappa shape index (κ1) is 15.1. The summed E-state index contributed by atoms with van der Waals surface area (Å²) in [6.45, 7) is 4.16. The largest absolute Gasteiger partial charge is 0.396 e. The number of aromatic nitrogens is 2. The number of aryl methyl sites for hydroxylation is 2. The van der Waals surface area contributed by atoms with Crippen LogP contribution in [0.3, 0.4) is 0 Å². The second-order valence-corrected chi connectivity index (χ2v) is 7.81. The van der Waals surface area contributed by atoms with E-state index >= 15 is 0 Å². The van der Waals surface area contributed by atoms with Crippen molar-refractivity contribution in [1.29, 1.82) is 0 Å². The van der Waals surface area contributed by atoms with E-state index < -0.39 is 0 Å². The number of thiophene rings is 1. The Balaban J connectivity index is 2.21. The van der Waals surface area contributed by atoms with E-state index in [1.54, 1.807) is 11.3 Å². The molecule has 1 N–H and O–H groups in total. The molecule has 114 valence electrons. The summed E-state index contributed by atoms with van der Waals surface area (Å²) >= 11 is 3.08. The molecule has 6 heteroatoms. The summed E-state index contributed by atoms with van der Waals surface area (Å²) < 4.78 is 1.90. The Morgan fingerprint density at radius 1 is 1.38 bits per heavy atom. The lowest BCUT2D eigenvalue weighted by Crippen LogP contribution is -2.26. The van der Waals surface area contributed by atoms with Crippen molar-refractivity contribution in [3.63, 3.8) is 0 Å². The molecule has 0 saturated heterocycles. The first-order chi connectivity index (χ1) is 10.1. The van der Waals surface area contributed by atoms with Crippen LogP contribution in [-0.4, -0.2) is 27.0 Å². The van der Waals surface area contributed by atoms with Gasteiger partial charge in [0.05, 0.1) is 12.0 Å². The summed E-state index contributed by atoms with van der Waals surface area (Å²) in [6, 6.07) is 0.273. The van der Waals surface area contributed by atoms with Crippen molar-refractivity contribution < 1.29 is 5.11 Å². The van der Waals surface area contributed by atoms with Gasteiger partial charge in [0, 0.05) is 16.7 Å². The molecule has 0 aliphatic heterocycles. The lowest BCUT2D eigenvalue weighted by molar-refractivity contribution is 0.322. The first-order valence-corrected chi connectivity index (χ1v) is 9.19. The van der Waals surface area contributed by atoms with Gasteiger partial charge in [-0.15, -0.1) is 11.3 Å². The van der Waals surface area contributed by atoms with Crippen LogP contribution in [0.1, 0.15) is 42.2 Å². The van der Waals surface area contributed by atoms with Gasteiger partial charge in [-0.3, -0.25) is 9.36 Å². The van der Waals surface area contributed by atoms with Crippen molar-refractivity contribution in [3.8, 4) is 0 Å². The monoisotopic (exact) mass is 324 g/mol. The van der Waals surface area contributed by atoms with Crippen molar-refractivity contribution in [2.24, 2.45) is 0 Å². The highest BCUT2D eigenvalue weighted by atomic mass is 32.2. The van der Waals surface area contributed by atoms with Crippen molar-refractivity contribution in [2.45, 2.75) is 50.7 Å². The second kappa shape index (κ2) is 6.10. The molecule has 1 aliphatic carbocycles. The second-order valence-electron chi connectivity index (χ2n) is 5.54. The fraction of sp³-hybridized carbons (Fsp3) is 0.600. The predicted octanol–water partition coefficient (Wildman–Crippen LogP) is 3.27. The average Bonchev–Trinajstić information content (AvgIpc) is 3.06. The van der Waals surface area contributed by atoms with Crippen LogP contribution in [0, 0.1) is 13.8 Å². The van der Waals surface area contributed by atoms with E-state index in [1.165, 1.54) is 24.6 Å². The minimum atomic E-state index is 0.103. The van der Waals surface area contributed by atoms with Crippen molar-refractivity contribution >= 4 is 33.3 Å². The van der Waals surface area contributed by atoms with Gasteiger partial charge >= 0.3 is 0 Å². The molecule has 1 fully saturated rings. The fourth-order valence-corrected chi connectivity index (χ4v) is 4.89. The maximum absolute atomic E-state index is 13.0. The van der Waals surface area contributed by atoms with Gasteiger partial charge in [0.2, 0.25) is 0 Å². The molecular weight excluding hydrogens is 304 g/mol. The number of hydrogen-bond donors (Lipinski definition) is 1. The van der Waals surface area contributed by atoms with E-state index in [0.717, 1.165) is 38.7 Å². The standard InChI is InChI=1S/C15H20N2O2S2/c1-9-10(2)21-13-12(9)14(19)17(11-5-3-4-6-11)15(16-13)20-8-7-18/h11,18H,3-8H2,1-2H3. The molecule has 0 aromatic carbocycles. The lowest BCUT2D eigenvalue weighted by atomic mass is 10.2. The molecular formula is C15H20N2O2S2. The van der Waals surface area contributed by atoms with E-state index in [2.05, 4.69) is 0 Å². The van der Waals surface area contributed by atoms with Crippen molar-refractivity contribution in [1.82, 2.24) is 9.55 Å². The van der Waals surface area contributed by atoms with Gasteiger partial charge in [0.1, 0.15) is 4.83 Å². The van der Waals surface area contributed by atoms with Gasteiger partial charge in [0.15, 0.2) is 5.16 Å². The molecule has 0 bridgehead atoms. The topological polar surface area (TPSA) is 55.1 Å². The Kier molecular flexibility index (Phi) is 4.38. The maximum atomic E-state index is 13.0. The van der Waals surface area contributed by atoms with Crippen LogP contribution in [0.5, 0.6) is 0 Å². The Hall–Kier alpha value is -0.850. The quantitative estimate of drug-likeness (QED) is 0.693. The van der Waals surface area contributed by atoms with E-state index in [4.69, 9.17) is 10.1 Å². The van der Waals surface area contributed by atoms with Crippen LogP contribution >= 0.6 is 23.1 Å². The number of aliphatic hydroxyl groups excluding tert-OH is 1. The Labute approximate surface area is 132 Å². The van der Waals surface area contributed by atoms with Crippen LogP contribution < -0.4 is 5.56 Å². The SMILES string of the molecule is Cc1sc2nc(SCCO)n(C3CCCC3)c(=O)c2c1C. The highest BCUT2D eigenvalue weighted by Crippen LogP contribution is 2.34. The van der Waals surface area contributed by atoms with Crippen LogP contribution in [0.2, 0.25) is 0 Å².